The van der Waals surface area contributed by atoms with E-state index >= 15 is 0 Å². The van der Waals surface area contributed by atoms with E-state index in [4.69, 9.17) is 4.74 Å². The van der Waals surface area contributed by atoms with Gasteiger partial charge in [-0.2, -0.15) is 0 Å². The van der Waals surface area contributed by atoms with Gasteiger partial charge in [0.05, 0.1) is 6.10 Å². The van der Waals surface area contributed by atoms with Gasteiger partial charge in [-0.15, -0.1) is 0 Å². The van der Waals surface area contributed by atoms with E-state index in [2.05, 4.69) is 35.9 Å². The predicted octanol–water partition coefficient (Wildman–Crippen LogP) is 2.57. The van der Waals surface area contributed by atoms with Crippen LogP contribution in [0, 0.1) is 17.8 Å². The first-order valence-corrected chi connectivity index (χ1v) is 14.2. The zero-order valence-electron chi connectivity index (χ0n) is 22.5. The summed E-state index contributed by atoms with van der Waals surface area (Å²) >= 11 is 0. The van der Waals surface area contributed by atoms with Crippen LogP contribution in [0.1, 0.15) is 56.8 Å². The molecule has 0 unspecified atom stereocenters. The fourth-order valence-electron chi connectivity index (χ4n) is 6.73. The predicted molar refractivity (Wildman–Crippen MR) is 143 cm³/mol. The number of benzene rings is 1. The van der Waals surface area contributed by atoms with Crippen molar-refractivity contribution in [2.45, 2.75) is 64.6 Å². The molecule has 1 aliphatic carbocycles. The summed E-state index contributed by atoms with van der Waals surface area (Å²) in [4.78, 5) is 46.6. The first-order chi connectivity index (χ1) is 17.9. The summed E-state index contributed by atoms with van der Waals surface area (Å²) in [6, 6.07) is 6.61. The Bertz CT molecular complexity index is 982. The van der Waals surface area contributed by atoms with Crippen LogP contribution in [0.25, 0.3) is 0 Å². The standard InChI is InChI=1S/C29H42N4O4/c1-4-31-13-15-32(16-14-31)22-11-9-21(10-12-22)28(35)30-25(20-7-5-6-8-20)29(36)33-17-23(19(2)3)27-26(33)24(34)18-37-27/h9-12,19-20,23,25-27H,4-8,13-18H2,1-3H3,(H,30,35)/t23-,25+,26-,27-/m1/s1. The molecule has 1 aromatic carbocycles. The second-order valence-electron chi connectivity index (χ2n) is 11.5. The molecule has 3 saturated heterocycles. The molecule has 0 radical (unpaired) electrons. The SMILES string of the molecule is CCN1CCN(c2ccc(C(=O)N[C@H](C(=O)N3C[C@H](C(C)C)[C@H]4OCC(=O)[C@H]43)C3CCCC3)cc2)CC1. The number of nitrogens with one attached hydrogen (secondary N) is 1. The minimum absolute atomic E-state index is 0.0200. The average molecular weight is 511 g/mol. The van der Waals surface area contributed by atoms with Crippen LogP contribution in [0.5, 0.6) is 0 Å². The van der Waals surface area contributed by atoms with E-state index in [1.807, 2.05) is 24.3 Å². The van der Waals surface area contributed by atoms with Crippen molar-refractivity contribution >= 4 is 23.3 Å². The number of anilines is 1. The molecule has 4 aliphatic rings. The average Bonchev–Trinajstić information content (AvgIpc) is 3.66. The number of likely N-dealkylation sites (N-methyl/N-ethyl adjacent to an activating group) is 1. The van der Waals surface area contributed by atoms with Crippen molar-refractivity contribution in [3.8, 4) is 0 Å². The van der Waals surface area contributed by atoms with E-state index < -0.39 is 12.1 Å². The number of ketones is 1. The van der Waals surface area contributed by atoms with Gasteiger partial charge in [-0.05, 0) is 55.5 Å². The summed E-state index contributed by atoms with van der Waals surface area (Å²) in [5.74, 6) is 0.166. The third-order valence-corrected chi connectivity index (χ3v) is 9.10. The second-order valence-corrected chi connectivity index (χ2v) is 11.5. The number of hydrogen-bond donors (Lipinski definition) is 1. The van der Waals surface area contributed by atoms with E-state index in [1.54, 1.807) is 4.90 Å². The number of fused-ring (bicyclic) bond motifs is 1. The number of amides is 2. The van der Waals surface area contributed by atoms with E-state index in [0.717, 1.165) is 64.1 Å². The van der Waals surface area contributed by atoms with Gasteiger partial charge in [-0.1, -0.05) is 33.6 Å². The van der Waals surface area contributed by atoms with Crippen molar-refractivity contribution in [1.29, 1.82) is 0 Å². The molecule has 1 aromatic rings. The Kier molecular flexibility index (Phi) is 7.86. The van der Waals surface area contributed by atoms with Gasteiger partial charge in [0.2, 0.25) is 5.91 Å². The largest absolute Gasteiger partial charge is 0.369 e. The van der Waals surface area contributed by atoms with Gasteiger partial charge in [0.15, 0.2) is 5.78 Å². The van der Waals surface area contributed by atoms with Crippen LogP contribution in [0.15, 0.2) is 24.3 Å². The maximum absolute atomic E-state index is 14.0. The first kappa shape index (κ1) is 26.2. The van der Waals surface area contributed by atoms with Crippen LogP contribution in [0.2, 0.25) is 0 Å². The summed E-state index contributed by atoms with van der Waals surface area (Å²) in [7, 11) is 0. The van der Waals surface area contributed by atoms with Crippen molar-refractivity contribution in [2.75, 3.05) is 50.8 Å². The number of nitrogens with zero attached hydrogens (tertiary/aromatic N) is 3. The summed E-state index contributed by atoms with van der Waals surface area (Å²) < 4.78 is 5.84. The molecule has 4 atom stereocenters. The molecule has 37 heavy (non-hydrogen) atoms. The van der Waals surface area contributed by atoms with Gasteiger partial charge in [0.1, 0.15) is 18.7 Å². The molecule has 1 saturated carbocycles. The Morgan fingerprint density at radius 3 is 2.35 bits per heavy atom. The van der Waals surface area contributed by atoms with Crippen molar-refractivity contribution < 1.29 is 19.1 Å². The Morgan fingerprint density at radius 1 is 1.05 bits per heavy atom. The number of likely N-dealkylation sites (tertiary alicyclic amines) is 1. The summed E-state index contributed by atoms with van der Waals surface area (Å²) in [5.41, 5.74) is 1.68. The Labute approximate surface area is 220 Å². The summed E-state index contributed by atoms with van der Waals surface area (Å²) in [6.07, 6.45) is 3.72. The number of piperazine rings is 1. The highest BCUT2D eigenvalue weighted by Gasteiger charge is 2.54. The Hall–Kier alpha value is -2.45. The van der Waals surface area contributed by atoms with Gasteiger partial charge in [-0.25, -0.2) is 0 Å². The molecule has 8 nitrogen and oxygen atoms in total. The van der Waals surface area contributed by atoms with Crippen LogP contribution in [0.3, 0.4) is 0 Å². The van der Waals surface area contributed by atoms with Crippen LogP contribution in [-0.2, 0) is 14.3 Å². The second kappa shape index (κ2) is 11.1. The molecule has 2 amide bonds. The molecule has 202 valence electrons. The fraction of sp³-hybridized carbons (Fsp3) is 0.690. The van der Waals surface area contributed by atoms with Crippen LogP contribution >= 0.6 is 0 Å². The lowest BCUT2D eigenvalue weighted by molar-refractivity contribution is -0.139. The molecule has 0 spiro atoms. The number of hydrogen-bond acceptors (Lipinski definition) is 6. The molecule has 3 heterocycles. The summed E-state index contributed by atoms with van der Waals surface area (Å²) in [5, 5.41) is 3.10. The minimum Gasteiger partial charge on any atom is -0.369 e. The number of Topliss-reactive ketones (excluding diaryl/α,β-unsaturated/α-hetero) is 1. The van der Waals surface area contributed by atoms with Gasteiger partial charge < -0.3 is 24.8 Å². The first-order valence-electron chi connectivity index (χ1n) is 14.2. The lowest BCUT2D eigenvalue weighted by Gasteiger charge is -2.35. The quantitative estimate of drug-likeness (QED) is 0.607. The molecule has 1 N–H and O–H groups in total. The zero-order chi connectivity index (χ0) is 26.1. The number of ether oxygens (including phenoxy) is 1. The highest BCUT2D eigenvalue weighted by atomic mass is 16.5. The van der Waals surface area contributed by atoms with Crippen molar-refractivity contribution in [3.05, 3.63) is 29.8 Å². The van der Waals surface area contributed by atoms with Crippen LogP contribution in [-0.4, -0.2) is 91.5 Å². The molecule has 3 aliphatic heterocycles. The van der Waals surface area contributed by atoms with Gasteiger partial charge in [-0.3, -0.25) is 14.4 Å². The molecule has 4 fully saturated rings. The fourth-order valence-corrected chi connectivity index (χ4v) is 6.73. The highest BCUT2D eigenvalue weighted by molar-refractivity contribution is 5.99. The zero-order valence-corrected chi connectivity index (χ0v) is 22.5. The molecule has 5 rings (SSSR count). The minimum atomic E-state index is -0.614. The number of carbonyl (C=O) groups is 3. The molecule has 8 heteroatoms. The lowest BCUT2D eigenvalue weighted by Crippen LogP contribution is -2.54. The third-order valence-electron chi connectivity index (χ3n) is 9.10. The Balaban J connectivity index is 1.29. The van der Waals surface area contributed by atoms with Crippen molar-refractivity contribution in [1.82, 2.24) is 15.1 Å². The number of carbonyl (C=O) groups excluding carboxylic acids is 3. The van der Waals surface area contributed by atoms with E-state index in [9.17, 15) is 14.4 Å². The summed E-state index contributed by atoms with van der Waals surface area (Å²) in [6.45, 7) is 12.1. The monoisotopic (exact) mass is 510 g/mol. The molecule has 0 bridgehead atoms. The molecular weight excluding hydrogens is 468 g/mol. The molecule has 0 aromatic heterocycles. The van der Waals surface area contributed by atoms with Gasteiger partial charge in [0.25, 0.3) is 5.91 Å². The number of rotatable bonds is 7. The lowest BCUT2D eigenvalue weighted by atomic mass is 9.91. The topological polar surface area (TPSA) is 82.2 Å². The van der Waals surface area contributed by atoms with Crippen molar-refractivity contribution in [2.24, 2.45) is 17.8 Å². The highest BCUT2D eigenvalue weighted by Crippen LogP contribution is 2.38. The Morgan fingerprint density at radius 2 is 1.73 bits per heavy atom. The smallest absolute Gasteiger partial charge is 0.251 e. The van der Waals surface area contributed by atoms with E-state index in [0.29, 0.717) is 18.0 Å². The van der Waals surface area contributed by atoms with Crippen LogP contribution < -0.4 is 10.2 Å². The maximum Gasteiger partial charge on any atom is 0.251 e. The van der Waals surface area contributed by atoms with Gasteiger partial charge >= 0.3 is 0 Å². The third kappa shape index (κ3) is 5.28. The van der Waals surface area contributed by atoms with E-state index in [-0.39, 0.29) is 42.1 Å². The molecular formula is C29H42N4O4. The van der Waals surface area contributed by atoms with Crippen LogP contribution in [0.4, 0.5) is 5.69 Å². The van der Waals surface area contributed by atoms with E-state index in [1.165, 1.54) is 0 Å². The maximum atomic E-state index is 14.0. The van der Waals surface area contributed by atoms with Crippen molar-refractivity contribution in [3.63, 3.8) is 0 Å². The normalized spacial score (nSPS) is 27.7. The van der Waals surface area contributed by atoms with Gasteiger partial charge in [0, 0.05) is 49.9 Å².